The zero-order valence-corrected chi connectivity index (χ0v) is 11.5. The third-order valence-corrected chi connectivity index (χ3v) is 3.93. The van der Waals surface area contributed by atoms with Crippen molar-refractivity contribution in [1.29, 1.82) is 0 Å². The van der Waals surface area contributed by atoms with Crippen LogP contribution in [0.2, 0.25) is 0 Å². The number of aromatic nitrogens is 1. The van der Waals surface area contributed by atoms with Gasteiger partial charge in [0.2, 0.25) is 0 Å². The third-order valence-electron chi connectivity index (χ3n) is 3.93. The van der Waals surface area contributed by atoms with Crippen LogP contribution in [0.3, 0.4) is 0 Å². The lowest BCUT2D eigenvalue weighted by Gasteiger charge is -2.33. The van der Waals surface area contributed by atoms with Crippen molar-refractivity contribution >= 4 is 5.69 Å². The highest BCUT2D eigenvalue weighted by Gasteiger charge is 2.33. The molecule has 3 rings (SSSR count). The van der Waals surface area contributed by atoms with Gasteiger partial charge in [0.05, 0.1) is 24.1 Å². The fourth-order valence-electron chi connectivity index (χ4n) is 2.84. The molecule has 2 saturated heterocycles. The van der Waals surface area contributed by atoms with Gasteiger partial charge in [0.25, 0.3) is 0 Å². The first-order valence-electron chi connectivity index (χ1n) is 6.89. The van der Waals surface area contributed by atoms with E-state index >= 15 is 0 Å². The van der Waals surface area contributed by atoms with Crippen LogP contribution in [0.1, 0.15) is 39.3 Å². The minimum Gasteiger partial charge on any atom is -0.371 e. The molecule has 18 heavy (non-hydrogen) atoms. The van der Waals surface area contributed by atoms with Crippen molar-refractivity contribution in [3.05, 3.63) is 24.0 Å². The summed E-state index contributed by atoms with van der Waals surface area (Å²) in [6.07, 6.45) is 5.33. The second kappa shape index (κ2) is 4.23. The molecule has 1 aromatic rings. The van der Waals surface area contributed by atoms with E-state index in [4.69, 9.17) is 4.74 Å². The lowest BCUT2D eigenvalue weighted by atomic mass is 9.92. The molecule has 2 atom stereocenters. The standard InChI is InChI=1S/C15H22N2O/c1-15(2,3)14-7-4-11(8-16-14)17-9-12-5-6-13(10-17)18-12/h4,7-8,12-13H,5-6,9-10H2,1-3H3. The molecule has 0 N–H and O–H groups in total. The van der Waals surface area contributed by atoms with Crippen molar-refractivity contribution < 1.29 is 4.74 Å². The van der Waals surface area contributed by atoms with Gasteiger partial charge in [0.1, 0.15) is 0 Å². The molecule has 2 bridgehead atoms. The van der Waals surface area contributed by atoms with Crippen molar-refractivity contribution in [3.63, 3.8) is 0 Å². The van der Waals surface area contributed by atoms with Gasteiger partial charge in [-0.25, -0.2) is 0 Å². The maximum absolute atomic E-state index is 5.86. The Morgan fingerprint density at radius 3 is 2.33 bits per heavy atom. The van der Waals surface area contributed by atoms with Gasteiger partial charge in [-0.05, 0) is 25.0 Å². The predicted molar refractivity (Wildman–Crippen MR) is 73.0 cm³/mol. The van der Waals surface area contributed by atoms with Gasteiger partial charge in [-0.1, -0.05) is 20.8 Å². The maximum Gasteiger partial charge on any atom is 0.0755 e. The first-order chi connectivity index (χ1) is 8.52. The number of hydrogen-bond acceptors (Lipinski definition) is 3. The van der Waals surface area contributed by atoms with Crippen LogP contribution in [0, 0.1) is 0 Å². The fraction of sp³-hybridized carbons (Fsp3) is 0.667. The van der Waals surface area contributed by atoms with E-state index in [2.05, 4.69) is 42.8 Å². The summed E-state index contributed by atoms with van der Waals surface area (Å²) >= 11 is 0. The molecule has 0 aliphatic carbocycles. The summed E-state index contributed by atoms with van der Waals surface area (Å²) in [4.78, 5) is 7.04. The molecular formula is C15H22N2O. The number of nitrogens with zero attached hydrogens (tertiary/aromatic N) is 2. The minimum atomic E-state index is 0.128. The molecule has 98 valence electrons. The maximum atomic E-state index is 5.86. The normalized spacial score (nSPS) is 27.6. The summed E-state index contributed by atoms with van der Waals surface area (Å²) < 4.78 is 5.86. The first kappa shape index (κ1) is 12.0. The molecule has 0 aromatic carbocycles. The van der Waals surface area contributed by atoms with Crippen LogP contribution in [0.5, 0.6) is 0 Å². The monoisotopic (exact) mass is 246 g/mol. The molecule has 1 aromatic heterocycles. The number of fused-ring (bicyclic) bond motifs is 2. The van der Waals surface area contributed by atoms with Crippen molar-refractivity contribution in [2.45, 2.75) is 51.2 Å². The Labute approximate surface area is 109 Å². The quantitative estimate of drug-likeness (QED) is 0.762. The second-order valence-electron chi connectivity index (χ2n) is 6.51. The largest absolute Gasteiger partial charge is 0.371 e. The number of pyridine rings is 1. The fourth-order valence-corrected chi connectivity index (χ4v) is 2.84. The van der Waals surface area contributed by atoms with E-state index in [1.165, 1.54) is 18.5 Å². The topological polar surface area (TPSA) is 25.4 Å². The average molecular weight is 246 g/mol. The van der Waals surface area contributed by atoms with Crippen molar-refractivity contribution in [2.24, 2.45) is 0 Å². The van der Waals surface area contributed by atoms with Gasteiger partial charge in [0, 0.05) is 24.2 Å². The van der Waals surface area contributed by atoms with Crippen LogP contribution in [0.15, 0.2) is 18.3 Å². The van der Waals surface area contributed by atoms with Crippen molar-refractivity contribution in [1.82, 2.24) is 4.98 Å². The molecule has 3 heteroatoms. The van der Waals surface area contributed by atoms with Crippen LogP contribution >= 0.6 is 0 Å². The van der Waals surface area contributed by atoms with E-state index in [9.17, 15) is 0 Å². The Morgan fingerprint density at radius 1 is 1.17 bits per heavy atom. The van der Waals surface area contributed by atoms with E-state index < -0.39 is 0 Å². The van der Waals surface area contributed by atoms with Crippen LogP contribution < -0.4 is 4.90 Å². The Kier molecular flexibility index (Phi) is 2.81. The molecule has 0 amide bonds. The highest BCUT2D eigenvalue weighted by atomic mass is 16.5. The molecule has 2 fully saturated rings. The lowest BCUT2D eigenvalue weighted by Crippen LogP contribution is -2.42. The summed E-state index contributed by atoms with van der Waals surface area (Å²) in [5.41, 5.74) is 2.52. The Morgan fingerprint density at radius 2 is 1.83 bits per heavy atom. The van der Waals surface area contributed by atoms with E-state index in [1.54, 1.807) is 0 Å². The van der Waals surface area contributed by atoms with Gasteiger partial charge in [-0.2, -0.15) is 0 Å². The van der Waals surface area contributed by atoms with E-state index in [1.807, 2.05) is 6.20 Å². The number of anilines is 1. The molecule has 0 saturated carbocycles. The van der Waals surface area contributed by atoms with E-state index in [-0.39, 0.29) is 5.41 Å². The zero-order valence-electron chi connectivity index (χ0n) is 11.5. The van der Waals surface area contributed by atoms with Gasteiger partial charge < -0.3 is 9.64 Å². The van der Waals surface area contributed by atoms with Crippen LogP contribution in [0.4, 0.5) is 5.69 Å². The molecule has 3 nitrogen and oxygen atoms in total. The van der Waals surface area contributed by atoms with Gasteiger partial charge in [-0.15, -0.1) is 0 Å². The SMILES string of the molecule is CC(C)(C)c1ccc(N2CC3CCC(C2)O3)cn1. The molecule has 2 aliphatic heterocycles. The lowest BCUT2D eigenvalue weighted by molar-refractivity contribution is 0.0305. The summed E-state index contributed by atoms with van der Waals surface area (Å²) in [6.45, 7) is 8.64. The highest BCUT2D eigenvalue weighted by Crippen LogP contribution is 2.30. The number of morpholine rings is 1. The Balaban J connectivity index is 1.77. The van der Waals surface area contributed by atoms with Crippen molar-refractivity contribution in [3.8, 4) is 0 Å². The summed E-state index contributed by atoms with van der Waals surface area (Å²) in [7, 11) is 0. The van der Waals surface area contributed by atoms with E-state index in [0.29, 0.717) is 12.2 Å². The second-order valence-corrected chi connectivity index (χ2v) is 6.51. The number of hydrogen-bond donors (Lipinski definition) is 0. The molecule has 3 heterocycles. The van der Waals surface area contributed by atoms with E-state index in [0.717, 1.165) is 18.8 Å². The van der Waals surface area contributed by atoms with Gasteiger partial charge >= 0.3 is 0 Å². The third kappa shape index (κ3) is 2.24. The first-order valence-corrected chi connectivity index (χ1v) is 6.89. The Bertz CT molecular complexity index is 409. The minimum absolute atomic E-state index is 0.128. The van der Waals surface area contributed by atoms with Crippen LogP contribution in [0.25, 0.3) is 0 Å². The van der Waals surface area contributed by atoms with Crippen LogP contribution in [-0.2, 0) is 10.2 Å². The smallest absolute Gasteiger partial charge is 0.0755 e. The molecular weight excluding hydrogens is 224 g/mol. The molecule has 2 unspecified atom stereocenters. The summed E-state index contributed by atoms with van der Waals surface area (Å²) in [5.74, 6) is 0. The Hall–Kier alpha value is -1.09. The molecule has 0 radical (unpaired) electrons. The van der Waals surface area contributed by atoms with Crippen molar-refractivity contribution in [2.75, 3.05) is 18.0 Å². The van der Waals surface area contributed by atoms with Crippen LogP contribution in [-0.4, -0.2) is 30.3 Å². The van der Waals surface area contributed by atoms with Gasteiger partial charge in [0.15, 0.2) is 0 Å². The van der Waals surface area contributed by atoms with Gasteiger partial charge in [-0.3, -0.25) is 4.98 Å². The number of ether oxygens (including phenoxy) is 1. The summed E-state index contributed by atoms with van der Waals surface area (Å²) in [6, 6.07) is 4.37. The average Bonchev–Trinajstić information content (AvgIpc) is 2.67. The summed E-state index contributed by atoms with van der Waals surface area (Å²) in [5, 5.41) is 0. The molecule has 2 aliphatic rings. The zero-order chi connectivity index (χ0) is 12.8. The molecule has 0 spiro atoms. The highest BCUT2D eigenvalue weighted by molar-refractivity contribution is 5.46. The number of rotatable bonds is 1. The predicted octanol–water partition coefficient (Wildman–Crippen LogP) is 2.75.